The topological polar surface area (TPSA) is 9.23 Å². The van der Waals surface area contributed by atoms with Crippen molar-refractivity contribution in [2.75, 3.05) is 7.11 Å². The Morgan fingerprint density at radius 2 is 1.36 bits per heavy atom. The van der Waals surface area contributed by atoms with Gasteiger partial charge < -0.3 is 4.74 Å². The largest absolute Gasteiger partial charge is 0.496 e. The molecule has 0 fully saturated rings. The smallest absolute Gasteiger partial charge is 0.126 e. The van der Waals surface area contributed by atoms with Crippen LogP contribution >= 0.6 is 0 Å². The summed E-state index contributed by atoms with van der Waals surface area (Å²) in [7, 11) is 1.80. The number of rotatable bonds is 2. The highest BCUT2D eigenvalue weighted by Gasteiger charge is 2.31. The highest BCUT2D eigenvalue weighted by Crippen LogP contribution is 2.48. The fourth-order valence-corrected chi connectivity index (χ4v) is 3.62. The van der Waals surface area contributed by atoms with Crippen molar-refractivity contribution in [2.24, 2.45) is 0 Å². The molecule has 1 aliphatic carbocycles. The van der Waals surface area contributed by atoms with Gasteiger partial charge in [0.1, 0.15) is 5.75 Å². The molecular weight excluding hydrogens is 268 g/mol. The lowest BCUT2D eigenvalue weighted by Crippen LogP contribution is -2.15. The fraction of sp³-hybridized carbons (Fsp3) is 0.524. The molecule has 1 heteroatoms. The molecule has 1 aromatic rings. The lowest BCUT2D eigenvalue weighted by Gasteiger charge is -2.28. The molecule has 0 saturated heterocycles. The second-order valence-electron chi connectivity index (χ2n) is 7.73. The third-order valence-electron chi connectivity index (χ3n) is 5.20. The molecular formula is C21H30O. The van der Waals surface area contributed by atoms with Crippen LogP contribution in [0.15, 0.2) is 34.4 Å². The molecule has 0 amide bonds. The monoisotopic (exact) mass is 298 g/mol. The SMILES string of the molecule is COc1c(C2C(C)=C(C)C(C)=C2C)cc(C)cc1C(C)(C)C. The average Bonchev–Trinajstić information content (AvgIpc) is 2.61. The minimum atomic E-state index is 0.0735. The van der Waals surface area contributed by atoms with Crippen LogP contribution in [0.2, 0.25) is 0 Å². The number of methoxy groups -OCH3 is 1. The van der Waals surface area contributed by atoms with Gasteiger partial charge in [-0.25, -0.2) is 0 Å². The van der Waals surface area contributed by atoms with Crippen molar-refractivity contribution in [3.8, 4) is 5.75 Å². The number of hydrogen-bond acceptors (Lipinski definition) is 1. The number of ether oxygens (including phenoxy) is 1. The quantitative estimate of drug-likeness (QED) is 0.643. The number of hydrogen-bond donors (Lipinski definition) is 0. The van der Waals surface area contributed by atoms with Gasteiger partial charge in [0, 0.05) is 17.0 Å². The molecule has 0 radical (unpaired) electrons. The summed E-state index contributed by atoms with van der Waals surface area (Å²) in [6.45, 7) is 17.9. The Labute approximate surface area is 136 Å². The van der Waals surface area contributed by atoms with Gasteiger partial charge in [0.15, 0.2) is 0 Å². The molecule has 120 valence electrons. The van der Waals surface area contributed by atoms with Crippen LogP contribution in [0, 0.1) is 6.92 Å². The van der Waals surface area contributed by atoms with Crippen LogP contribution in [0.4, 0.5) is 0 Å². The lowest BCUT2D eigenvalue weighted by atomic mass is 9.80. The number of benzene rings is 1. The van der Waals surface area contributed by atoms with E-state index in [1.54, 1.807) is 7.11 Å². The van der Waals surface area contributed by atoms with E-state index in [-0.39, 0.29) is 5.41 Å². The Kier molecular flexibility index (Phi) is 4.30. The van der Waals surface area contributed by atoms with E-state index in [2.05, 4.69) is 67.5 Å². The predicted octanol–water partition coefficient (Wildman–Crippen LogP) is 6.07. The molecule has 0 saturated carbocycles. The van der Waals surface area contributed by atoms with Crippen molar-refractivity contribution >= 4 is 0 Å². The summed E-state index contributed by atoms with van der Waals surface area (Å²) in [5, 5.41) is 0. The molecule has 0 aliphatic heterocycles. The molecule has 2 rings (SSSR count). The van der Waals surface area contributed by atoms with E-state index in [1.807, 2.05) is 0 Å². The van der Waals surface area contributed by atoms with Gasteiger partial charge in [-0.2, -0.15) is 0 Å². The van der Waals surface area contributed by atoms with Gasteiger partial charge in [0.2, 0.25) is 0 Å². The Bertz CT molecular complexity index is 642. The van der Waals surface area contributed by atoms with Gasteiger partial charge in [0.25, 0.3) is 0 Å². The molecule has 0 unspecified atom stereocenters. The average molecular weight is 298 g/mol. The lowest BCUT2D eigenvalue weighted by molar-refractivity contribution is 0.391. The third-order valence-corrected chi connectivity index (χ3v) is 5.20. The van der Waals surface area contributed by atoms with Gasteiger partial charge in [-0.05, 0) is 51.2 Å². The predicted molar refractivity (Wildman–Crippen MR) is 95.9 cm³/mol. The van der Waals surface area contributed by atoms with Crippen LogP contribution in [0.1, 0.15) is 71.1 Å². The van der Waals surface area contributed by atoms with Crippen LogP contribution in [0.25, 0.3) is 0 Å². The highest BCUT2D eigenvalue weighted by molar-refractivity contribution is 5.59. The second kappa shape index (κ2) is 5.61. The first kappa shape index (κ1) is 16.9. The van der Waals surface area contributed by atoms with Crippen molar-refractivity contribution in [3.05, 3.63) is 51.1 Å². The van der Waals surface area contributed by atoms with E-state index in [0.29, 0.717) is 5.92 Å². The van der Waals surface area contributed by atoms with Crippen LogP contribution in [-0.2, 0) is 5.41 Å². The summed E-state index contributed by atoms with van der Waals surface area (Å²) in [4.78, 5) is 0. The Hall–Kier alpha value is -1.50. The third kappa shape index (κ3) is 2.62. The molecule has 0 atom stereocenters. The summed E-state index contributed by atoms with van der Waals surface area (Å²) in [5.74, 6) is 1.42. The Balaban J connectivity index is 2.75. The Morgan fingerprint density at radius 3 is 1.77 bits per heavy atom. The van der Waals surface area contributed by atoms with Crippen molar-refractivity contribution in [2.45, 2.75) is 66.7 Å². The zero-order chi connectivity index (χ0) is 16.8. The minimum Gasteiger partial charge on any atom is -0.496 e. The Morgan fingerprint density at radius 1 is 0.864 bits per heavy atom. The summed E-state index contributed by atoms with van der Waals surface area (Å²) >= 11 is 0. The van der Waals surface area contributed by atoms with E-state index in [4.69, 9.17) is 4.74 Å². The molecule has 22 heavy (non-hydrogen) atoms. The summed E-state index contributed by atoms with van der Waals surface area (Å²) in [6, 6.07) is 4.58. The minimum absolute atomic E-state index is 0.0735. The van der Waals surface area contributed by atoms with Crippen LogP contribution < -0.4 is 4.74 Å². The summed E-state index contributed by atoms with van der Waals surface area (Å²) in [5.41, 5.74) is 9.78. The van der Waals surface area contributed by atoms with Gasteiger partial charge in [-0.15, -0.1) is 0 Å². The first-order valence-corrected chi connectivity index (χ1v) is 8.13. The molecule has 1 nitrogen and oxygen atoms in total. The standard InChI is InChI=1S/C21H30O/c1-12-10-17(19-15(4)13(2)14(3)16(19)5)20(22-9)18(11-12)21(6,7)8/h10-11,19H,1-9H3. The van der Waals surface area contributed by atoms with Crippen molar-refractivity contribution in [3.63, 3.8) is 0 Å². The van der Waals surface area contributed by atoms with Gasteiger partial charge in [-0.3, -0.25) is 0 Å². The molecule has 0 spiro atoms. The van der Waals surface area contributed by atoms with Gasteiger partial charge in [-0.1, -0.05) is 49.6 Å². The van der Waals surface area contributed by atoms with E-state index in [9.17, 15) is 0 Å². The summed E-state index contributed by atoms with van der Waals surface area (Å²) < 4.78 is 5.89. The zero-order valence-electron chi connectivity index (χ0n) is 15.6. The number of allylic oxidation sites excluding steroid dienone is 4. The van der Waals surface area contributed by atoms with E-state index in [0.717, 1.165) is 5.75 Å². The molecule has 1 aliphatic rings. The van der Waals surface area contributed by atoms with Gasteiger partial charge >= 0.3 is 0 Å². The maximum atomic E-state index is 5.89. The first-order chi connectivity index (χ1) is 10.1. The van der Waals surface area contributed by atoms with Crippen molar-refractivity contribution in [1.29, 1.82) is 0 Å². The molecule has 0 bridgehead atoms. The number of aryl methyl sites for hydroxylation is 1. The van der Waals surface area contributed by atoms with E-state index in [1.165, 1.54) is 39.0 Å². The van der Waals surface area contributed by atoms with Crippen LogP contribution in [-0.4, -0.2) is 7.11 Å². The molecule has 0 aromatic heterocycles. The first-order valence-electron chi connectivity index (χ1n) is 8.13. The van der Waals surface area contributed by atoms with Crippen molar-refractivity contribution in [1.82, 2.24) is 0 Å². The van der Waals surface area contributed by atoms with Crippen molar-refractivity contribution < 1.29 is 4.74 Å². The van der Waals surface area contributed by atoms with Crippen LogP contribution in [0.3, 0.4) is 0 Å². The fourth-order valence-electron chi connectivity index (χ4n) is 3.62. The van der Waals surface area contributed by atoms with Gasteiger partial charge in [0.05, 0.1) is 7.11 Å². The maximum Gasteiger partial charge on any atom is 0.126 e. The molecule has 0 N–H and O–H groups in total. The van der Waals surface area contributed by atoms with E-state index >= 15 is 0 Å². The normalized spacial score (nSPS) is 16.8. The van der Waals surface area contributed by atoms with E-state index < -0.39 is 0 Å². The zero-order valence-corrected chi connectivity index (χ0v) is 15.6. The second-order valence-corrected chi connectivity index (χ2v) is 7.73. The summed E-state index contributed by atoms with van der Waals surface area (Å²) in [6.07, 6.45) is 0. The van der Waals surface area contributed by atoms with Crippen LogP contribution in [0.5, 0.6) is 5.75 Å². The molecule has 1 aromatic carbocycles. The highest BCUT2D eigenvalue weighted by atomic mass is 16.5. The maximum absolute atomic E-state index is 5.89. The molecule has 0 heterocycles.